The molecule has 0 unspecified atom stereocenters. The topological polar surface area (TPSA) is 111 Å². The first-order valence-electron chi connectivity index (χ1n) is 9.81. The Bertz CT molecular complexity index is 1060. The smallest absolute Gasteiger partial charge is 0.355 e. The summed E-state index contributed by atoms with van der Waals surface area (Å²) in [5.41, 5.74) is 1.61. The second-order valence-corrected chi connectivity index (χ2v) is 5.86. The van der Waals surface area contributed by atoms with Crippen molar-refractivity contribution in [3.63, 3.8) is 0 Å². The summed E-state index contributed by atoms with van der Waals surface area (Å²) < 4.78 is 6.61. The van der Waals surface area contributed by atoms with Gasteiger partial charge in [0.2, 0.25) is 0 Å². The summed E-state index contributed by atoms with van der Waals surface area (Å²) in [6.07, 6.45) is 11.3. The number of nitriles is 1. The van der Waals surface area contributed by atoms with Crippen molar-refractivity contribution in [1.82, 2.24) is 9.55 Å². The van der Waals surface area contributed by atoms with Crippen LogP contribution in [0.5, 0.6) is 0 Å². The molecule has 0 spiro atoms. The molecule has 0 aliphatic carbocycles. The number of nitrogens with zero attached hydrogens (tertiary/aromatic N) is 4. The highest BCUT2D eigenvalue weighted by atomic mass is 16.6. The molecular weight excluding hydrogens is 396 g/mol. The van der Waals surface area contributed by atoms with Crippen LogP contribution >= 0.6 is 0 Å². The summed E-state index contributed by atoms with van der Waals surface area (Å²) in [5, 5.41) is 20.7. The van der Waals surface area contributed by atoms with Crippen molar-refractivity contribution >= 4 is 23.3 Å². The lowest BCUT2D eigenvalue weighted by Gasteiger charge is -2.04. The van der Waals surface area contributed by atoms with Crippen LogP contribution < -0.4 is 0 Å². The van der Waals surface area contributed by atoms with Gasteiger partial charge in [-0.3, -0.25) is 10.1 Å². The van der Waals surface area contributed by atoms with Crippen LogP contribution in [0.1, 0.15) is 55.0 Å². The van der Waals surface area contributed by atoms with Crippen LogP contribution in [0.15, 0.2) is 48.8 Å². The van der Waals surface area contributed by atoms with E-state index in [-0.39, 0.29) is 23.7 Å². The lowest BCUT2D eigenvalue weighted by Crippen LogP contribution is -2.10. The third-order valence-corrected chi connectivity index (χ3v) is 3.95. The van der Waals surface area contributed by atoms with E-state index >= 15 is 0 Å². The Morgan fingerprint density at radius 2 is 2.13 bits per heavy atom. The molecule has 8 nitrogen and oxygen atoms in total. The number of esters is 1. The van der Waals surface area contributed by atoms with Crippen LogP contribution in [-0.2, 0) is 11.8 Å². The minimum atomic E-state index is -0.533. The molecule has 31 heavy (non-hydrogen) atoms. The number of aromatic nitrogens is 2. The van der Waals surface area contributed by atoms with Gasteiger partial charge in [-0.25, -0.2) is 9.78 Å². The van der Waals surface area contributed by atoms with Gasteiger partial charge in [-0.15, -0.1) is 0 Å². The van der Waals surface area contributed by atoms with Crippen molar-refractivity contribution < 1.29 is 14.5 Å². The molecule has 0 atom stereocenters. The van der Waals surface area contributed by atoms with E-state index in [0.717, 1.165) is 0 Å². The molecule has 2 aromatic rings. The predicted octanol–water partition coefficient (Wildman–Crippen LogP) is 5.08. The number of allylic oxidation sites excluding steroid dienone is 5. The van der Waals surface area contributed by atoms with Gasteiger partial charge in [0.1, 0.15) is 17.5 Å². The molecule has 0 aromatic carbocycles. The standard InChI is InChI=1S/C21H20N4O4.C2H6/c1-4-8-15(19-18(25(27)28)11-7-12-23-19)9-6-10-17-16(13-22)14-24(3)20(17)21(26)29-5-2;1-2/h4,6-12,14H,5H2,1-3H3;1-2H3/b8-4-,10-6+,15-9+;. The Labute approximate surface area is 181 Å². The molecule has 0 bridgehead atoms. The molecule has 0 saturated carbocycles. The van der Waals surface area contributed by atoms with Crippen LogP contribution in [-0.4, -0.2) is 27.1 Å². The van der Waals surface area contributed by atoms with E-state index in [1.54, 1.807) is 57.5 Å². The van der Waals surface area contributed by atoms with Crippen LogP contribution in [0.3, 0.4) is 0 Å². The molecule has 0 aliphatic heterocycles. The first-order valence-corrected chi connectivity index (χ1v) is 9.81. The molecular formula is C23H26N4O4. The molecule has 0 aliphatic rings. The van der Waals surface area contributed by atoms with E-state index in [0.29, 0.717) is 16.7 Å². The van der Waals surface area contributed by atoms with Crippen LogP contribution in [0.4, 0.5) is 5.69 Å². The fraction of sp³-hybridized carbons (Fsp3) is 0.261. The monoisotopic (exact) mass is 422 g/mol. The lowest BCUT2D eigenvalue weighted by atomic mass is 10.1. The normalized spacial score (nSPS) is 11.2. The van der Waals surface area contributed by atoms with Crippen molar-refractivity contribution in [1.29, 1.82) is 5.26 Å². The molecule has 2 heterocycles. The van der Waals surface area contributed by atoms with Gasteiger partial charge in [0.05, 0.1) is 17.1 Å². The Kier molecular flexibility index (Phi) is 10.1. The van der Waals surface area contributed by atoms with Crippen molar-refractivity contribution in [3.8, 4) is 6.07 Å². The first kappa shape index (κ1) is 25.0. The Balaban J connectivity index is 0.00000233. The van der Waals surface area contributed by atoms with Gasteiger partial charge in [0, 0.05) is 36.6 Å². The molecule has 0 fully saturated rings. The molecule has 162 valence electrons. The highest BCUT2D eigenvalue weighted by Gasteiger charge is 2.20. The molecule has 0 saturated heterocycles. The van der Waals surface area contributed by atoms with Gasteiger partial charge in [0.15, 0.2) is 0 Å². The molecule has 0 amide bonds. The lowest BCUT2D eigenvalue weighted by molar-refractivity contribution is -0.385. The third kappa shape index (κ3) is 6.24. The summed E-state index contributed by atoms with van der Waals surface area (Å²) >= 11 is 0. The predicted molar refractivity (Wildman–Crippen MR) is 120 cm³/mol. The second-order valence-electron chi connectivity index (χ2n) is 5.86. The summed E-state index contributed by atoms with van der Waals surface area (Å²) in [7, 11) is 1.66. The Morgan fingerprint density at radius 3 is 2.71 bits per heavy atom. The zero-order valence-corrected chi connectivity index (χ0v) is 18.3. The number of carbonyl (C=O) groups is 1. The van der Waals surface area contributed by atoms with Gasteiger partial charge in [-0.2, -0.15) is 5.26 Å². The van der Waals surface area contributed by atoms with Crippen LogP contribution in [0, 0.1) is 21.4 Å². The minimum Gasteiger partial charge on any atom is -0.461 e. The van der Waals surface area contributed by atoms with Gasteiger partial charge >= 0.3 is 5.97 Å². The summed E-state index contributed by atoms with van der Waals surface area (Å²) in [4.78, 5) is 27.2. The number of pyridine rings is 1. The Hall–Kier alpha value is -3.99. The zero-order valence-electron chi connectivity index (χ0n) is 18.3. The van der Waals surface area contributed by atoms with Crippen LogP contribution in [0.2, 0.25) is 0 Å². The minimum absolute atomic E-state index is 0.116. The number of ether oxygens (including phenoxy) is 1. The average Bonchev–Trinajstić information content (AvgIpc) is 3.10. The fourth-order valence-corrected chi connectivity index (χ4v) is 2.76. The number of carbonyl (C=O) groups excluding carboxylic acids is 1. The fourth-order valence-electron chi connectivity index (χ4n) is 2.76. The van der Waals surface area contributed by atoms with E-state index in [9.17, 15) is 20.2 Å². The highest BCUT2D eigenvalue weighted by molar-refractivity contribution is 5.93. The summed E-state index contributed by atoms with van der Waals surface area (Å²) in [6, 6.07) is 4.94. The second kappa shape index (κ2) is 12.5. The van der Waals surface area contributed by atoms with E-state index in [2.05, 4.69) is 11.1 Å². The van der Waals surface area contributed by atoms with Crippen molar-refractivity contribution in [3.05, 3.63) is 81.5 Å². The van der Waals surface area contributed by atoms with Gasteiger partial charge in [0.25, 0.3) is 5.69 Å². The van der Waals surface area contributed by atoms with Crippen molar-refractivity contribution in [2.45, 2.75) is 27.7 Å². The van der Waals surface area contributed by atoms with E-state index in [4.69, 9.17) is 4.74 Å². The molecule has 8 heteroatoms. The Morgan fingerprint density at radius 1 is 1.42 bits per heavy atom. The maximum atomic E-state index is 12.3. The first-order chi connectivity index (χ1) is 14.9. The quantitative estimate of drug-likeness (QED) is 0.266. The van der Waals surface area contributed by atoms with Crippen molar-refractivity contribution in [2.24, 2.45) is 7.05 Å². The molecule has 0 radical (unpaired) electrons. The summed E-state index contributed by atoms with van der Waals surface area (Å²) in [5.74, 6) is -0.533. The third-order valence-electron chi connectivity index (χ3n) is 3.95. The SMILES string of the molecule is CC.C\C=C/C(=C\C=C\c1c(C#N)cn(C)c1C(=O)OCC)c1ncccc1[N+](=O)[O-]. The van der Waals surface area contributed by atoms with Crippen molar-refractivity contribution in [2.75, 3.05) is 6.61 Å². The molecule has 0 N–H and O–H groups in total. The molecule has 2 aromatic heterocycles. The number of hydrogen-bond donors (Lipinski definition) is 0. The van der Waals surface area contributed by atoms with Gasteiger partial charge in [-0.05, 0) is 19.9 Å². The van der Waals surface area contributed by atoms with Gasteiger partial charge in [-0.1, -0.05) is 44.2 Å². The number of nitro groups is 1. The maximum Gasteiger partial charge on any atom is 0.355 e. The summed E-state index contributed by atoms with van der Waals surface area (Å²) in [6.45, 7) is 7.70. The number of aryl methyl sites for hydroxylation is 1. The highest BCUT2D eigenvalue weighted by Crippen LogP contribution is 2.25. The van der Waals surface area contributed by atoms with E-state index < -0.39 is 10.9 Å². The largest absolute Gasteiger partial charge is 0.461 e. The van der Waals surface area contributed by atoms with Crippen LogP contribution in [0.25, 0.3) is 11.6 Å². The maximum absolute atomic E-state index is 12.3. The average molecular weight is 422 g/mol. The molecule has 2 rings (SSSR count). The van der Waals surface area contributed by atoms with E-state index in [1.807, 2.05) is 13.8 Å². The number of rotatable bonds is 7. The number of hydrogen-bond acceptors (Lipinski definition) is 6. The van der Waals surface area contributed by atoms with Gasteiger partial charge < -0.3 is 9.30 Å². The zero-order chi connectivity index (χ0) is 23.4. The van der Waals surface area contributed by atoms with E-state index in [1.165, 1.54) is 22.9 Å².